The van der Waals surface area contributed by atoms with Crippen molar-refractivity contribution in [3.05, 3.63) is 65.7 Å². The molecule has 0 radical (unpaired) electrons. The highest BCUT2D eigenvalue weighted by Crippen LogP contribution is 2.32. The van der Waals surface area contributed by atoms with Crippen LogP contribution in [0.25, 0.3) is 0 Å². The van der Waals surface area contributed by atoms with Gasteiger partial charge in [-0.2, -0.15) is 0 Å². The summed E-state index contributed by atoms with van der Waals surface area (Å²) >= 11 is 0. The van der Waals surface area contributed by atoms with E-state index < -0.39 is 74.5 Å². The highest BCUT2D eigenvalue weighted by atomic mass is 16.8. The fourth-order valence-electron chi connectivity index (χ4n) is 4.20. The molecule has 4 rings (SSSR count). The Hall–Kier alpha value is -2.65. The third-order valence-electron chi connectivity index (χ3n) is 6.49. The third-order valence-corrected chi connectivity index (χ3v) is 6.49. The summed E-state index contributed by atoms with van der Waals surface area (Å²) in [5.74, 6) is -0.831. The fraction of sp³-hybridized carbons (Fsp3) is 0.500. The topological polar surface area (TPSA) is 185 Å². The van der Waals surface area contributed by atoms with E-state index in [9.17, 15) is 35.4 Å². The number of hydrogen-bond acceptors (Lipinski definition) is 12. The molecular formula is C26H32O12. The Labute approximate surface area is 218 Å². The summed E-state index contributed by atoms with van der Waals surface area (Å²) < 4.78 is 27.6. The summed E-state index contributed by atoms with van der Waals surface area (Å²) in [6, 6.07) is 14.7. The zero-order valence-corrected chi connectivity index (χ0v) is 20.4. The minimum Gasteiger partial charge on any atom is -0.508 e. The fourth-order valence-corrected chi connectivity index (χ4v) is 4.20. The van der Waals surface area contributed by atoms with Crippen molar-refractivity contribution in [1.82, 2.24) is 0 Å². The van der Waals surface area contributed by atoms with Crippen LogP contribution in [0, 0.1) is 0 Å². The van der Waals surface area contributed by atoms with Crippen LogP contribution in [0.4, 0.5) is 0 Å². The molecule has 2 aliphatic rings. The Balaban J connectivity index is 1.37. The Kier molecular flexibility index (Phi) is 9.31. The van der Waals surface area contributed by atoms with Gasteiger partial charge in [0.05, 0.1) is 25.4 Å². The van der Waals surface area contributed by atoms with E-state index in [-0.39, 0.29) is 17.9 Å². The summed E-state index contributed by atoms with van der Waals surface area (Å²) in [6.45, 7) is -1.53. The number of phenolic OH excluding ortho intramolecular Hbond substituents is 1. The molecule has 0 spiro atoms. The molecule has 2 saturated heterocycles. The number of benzene rings is 2. The Morgan fingerprint density at radius 2 is 1.71 bits per heavy atom. The zero-order chi connectivity index (χ0) is 27.3. The number of phenols is 1. The van der Waals surface area contributed by atoms with Crippen LogP contribution >= 0.6 is 0 Å². The lowest BCUT2D eigenvalue weighted by molar-refractivity contribution is -0.335. The first-order chi connectivity index (χ1) is 18.2. The van der Waals surface area contributed by atoms with Crippen molar-refractivity contribution < 1.29 is 59.1 Å². The third kappa shape index (κ3) is 6.49. The Morgan fingerprint density at radius 3 is 2.39 bits per heavy atom. The molecule has 2 aromatic rings. The van der Waals surface area contributed by atoms with Crippen molar-refractivity contribution in [3.8, 4) is 5.75 Å². The Bertz CT molecular complexity index is 1030. The molecule has 2 heterocycles. The molecule has 12 heteroatoms. The predicted molar refractivity (Wildman–Crippen MR) is 128 cm³/mol. The van der Waals surface area contributed by atoms with Crippen molar-refractivity contribution in [2.24, 2.45) is 0 Å². The number of rotatable bonds is 10. The van der Waals surface area contributed by atoms with E-state index in [2.05, 4.69) is 0 Å². The number of carbonyl (C=O) groups excluding carboxylic acids is 1. The molecule has 0 aliphatic carbocycles. The lowest BCUT2D eigenvalue weighted by atomic mass is 9.98. The number of aliphatic hydroxyl groups is 5. The van der Waals surface area contributed by atoms with E-state index in [1.807, 2.05) is 30.3 Å². The summed E-state index contributed by atoms with van der Waals surface area (Å²) in [6.07, 6.45) is -9.55. The number of ether oxygens (including phenoxy) is 5. The molecular weight excluding hydrogens is 504 g/mol. The number of esters is 1. The molecule has 0 bridgehead atoms. The van der Waals surface area contributed by atoms with Gasteiger partial charge in [-0.1, -0.05) is 30.3 Å². The maximum Gasteiger partial charge on any atom is 0.338 e. The second-order valence-corrected chi connectivity index (χ2v) is 9.26. The SMILES string of the molecule is O=C(OC[C@]1(O)CO[C@@H](O[C@@H]2[C@H](OCCc3ccccc3)O[C@@H](CO)[C@@H](O)[C@@H]2O)[C@@H]1O)c1ccc(O)cc1. The van der Waals surface area contributed by atoms with Crippen molar-refractivity contribution >= 4 is 5.97 Å². The van der Waals surface area contributed by atoms with Crippen molar-refractivity contribution in [1.29, 1.82) is 0 Å². The first-order valence-electron chi connectivity index (χ1n) is 12.1. The average Bonchev–Trinajstić information content (AvgIpc) is 3.21. The van der Waals surface area contributed by atoms with Gasteiger partial charge in [-0.3, -0.25) is 0 Å². The summed E-state index contributed by atoms with van der Waals surface area (Å²) in [4.78, 5) is 12.3. The van der Waals surface area contributed by atoms with Gasteiger partial charge >= 0.3 is 5.97 Å². The van der Waals surface area contributed by atoms with Crippen LogP contribution in [0.1, 0.15) is 15.9 Å². The molecule has 208 valence electrons. The average molecular weight is 537 g/mol. The Morgan fingerprint density at radius 1 is 1.00 bits per heavy atom. The van der Waals surface area contributed by atoms with Gasteiger partial charge in [-0.25, -0.2) is 4.79 Å². The van der Waals surface area contributed by atoms with E-state index in [4.69, 9.17) is 23.7 Å². The van der Waals surface area contributed by atoms with Gasteiger partial charge in [0.2, 0.25) is 0 Å². The molecule has 6 N–H and O–H groups in total. The number of aliphatic hydroxyl groups excluding tert-OH is 4. The molecule has 12 nitrogen and oxygen atoms in total. The van der Waals surface area contributed by atoms with Crippen LogP contribution in [0.15, 0.2) is 54.6 Å². The summed E-state index contributed by atoms with van der Waals surface area (Å²) in [7, 11) is 0. The van der Waals surface area contributed by atoms with Crippen LogP contribution in [0.2, 0.25) is 0 Å². The lowest BCUT2D eigenvalue weighted by Gasteiger charge is -2.42. The molecule has 0 amide bonds. The van der Waals surface area contributed by atoms with Gasteiger partial charge in [0.25, 0.3) is 0 Å². The minimum absolute atomic E-state index is 0.0357. The maximum atomic E-state index is 12.3. The molecule has 2 fully saturated rings. The van der Waals surface area contributed by atoms with Gasteiger partial charge < -0.3 is 54.3 Å². The molecule has 0 saturated carbocycles. The van der Waals surface area contributed by atoms with Crippen LogP contribution < -0.4 is 0 Å². The minimum atomic E-state index is -2.03. The molecule has 0 unspecified atom stereocenters. The van der Waals surface area contributed by atoms with Crippen molar-refractivity contribution in [3.63, 3.8) is 0 Å². The molecule has 2 aromatic carbocycles. The second kappa shape index (κ2) is 12.5. The number of aromatic hydroxyl groups is 1. The lowest BCUT2D eigenvalue weighted by Crippen LogP contribution is -2.61. The smallest absolute Gasteiger partial charge is 0.338 e. The van der Waals surface area contributed by atoms with Crippen molar-refractivity contribution in [2.45, 2.75) is 55.1 Å². The van der Waals surface area contributed by atoms with E-state index in [1.165, 1.54) is 24.3 Å². The standard InChI is InChI=1S/C26H32O12/c27-12-18-19(29)20(30)21(24(37-18)34-11-10-15-4-2-1-3-5-15)38-25-22(31)26(33,14-36-25)13-35-23(32)16-6-8-17(28)9-7-16/h1-9,18-22,24-25,27-31,33H,10-14H2/t18-,19+,20-,21-,22-,24+,25-,26-/m0/s1. The zero-order valence-electron chi connectivity index (χ0n) is 20.4. The van der Waals surface area contributed by atoms with Gasteiger partial charge in [0.1, 0.15) is 42.9 Å². The van der Waals surface area contributed by atoms with Crippen LogP contribution in [-0.2, 0) is 30.1 Å². The van der Waals surface area contributed by atoms with E-state index >= 15 is 0 Å². The van der Waals surface area contributed by atoms with Crippen molar-refractivity contribution in [2.75, 3.05) is 26.4 Å². The predicted octanol–water partition coefficient (Wildman–Crippen LogP) is -0.919. The van der Waals surface area contributed by atoms with Crippen LogP contribution in [-0.4, -0.2) is 112 Å². The quantitative estimate of drug-likeness (QED) is 0.206. The highest BCUT2D eigenvalue weighted by molar-refractivity contribution is 5.89. The van der Waals surface area contributed by atoms with Gasteiger partial charge in [-0.15, -0.1) is 0 Å². The van der Waals surface area contributed by atoms with Gasteiger partial charge in [-0.05, 0) is 36.2 Å². The molecule has 38 heavy (non-hydrogen) atoms. The van der Waals surface area contributed by atoms with Gasteiger partial charge in [0.15, 0.2) is 18.2 Å². The number of hydrogen-bond donors (Lipinski definition) is 6. The van der Waals surface area contributed by atoms with E-state index in [1.54, 1.807) is 0 Å². The largest absolute Gasteiger partial charge is 0.508 e. The number of carbonyl (C=O) groups is 1. The maximum absolute atomic E-state index is 12.3. The van der Waals surface area contributed by atoms with E-state index in [0.29, 0.717) is 6.42 Å². The molecule has 2 aliphatic heterocycles. The van der Waals surface area contributed by atoms with Crippen LogP contribution in [0.5, 0.6) is 5.75 Å². The first-order valence-corrected chi connectivity index (χ1v) is 12.1. The first kappa shape index (κ1) is 28.4. The van der Waals surface area contributed by atoms with E-state index in [0.717, 1.165) is 5.56 Å². The monoisotopic (exact) mass is 536 g/mol. The summed E-state index contributed by atoms with van der Waals surface area (Å²) in [5.41, 5.74) is -0.923. The summed E-state index contributed by atoms with van der Waals surface area (Å²) in [5, 5.41) is 61.5. The van der Waals surface area contributed by atoms with Gasteiger partial charge in [0, 0.05) is 0 Å². The second-order valence-electron chi connectivity index (χ2n) is 9.26. The van der Waals surface area contributed by atoms with Crippen LogP contribution in [0.3, 0.4) is 0 Å². The molecule has 8 atom stereocenters. The normalized spacial score (nSPS) is 33.2. The highest BCUT2D eigenvalue weighted by Gasteiger charge is 2.53. The molecule has 0 aromatic heterocycles.